The van der Waals surface area contributed by atoms with Crippen molar-refractivity contribution in [3.63, 3.8) is 0 Å². The summed E-state index contributed by atoms with van der Waals surface area (Å²) in [6.07, 6.45) is 4.99. The molecule has 5 N–H and O–H groups in total. The number of nitrogens with one attached hydrogen (secondary N) is 3. The number of nitriles is 1. The number of piperidine rings is 3. The van der Waals surface area contributed by atoms with E-state index in [4.69, 9.17) is 15.2 Å². The normalized spacial score (nSPS) is 20.5. The van der Waals surface area contributed by atoms with Gasteiger partial charge in [-0.05, 0) is 99.5 Å². The van der Waals surface area contributed by atoms with Crippen molar-refractivity contribution in [1.82, 2.24) is 29.0 Å². The molecule has 0 radical (unpaired) electrons. The van der Waals surface area contributed by atoms with Gasteiger partial charge in [0.25, 0.3) is 5.56 Å². The van der Waals surface area contributed by atoms with Gasteiger partial charge in [-0.1, -0.05) is 13.0 Å². The van der Waals surface area contributed by atoms with Gasteiger partial charge in [0.1, 0.15) is 23.5 Å². The highest BCUT2D eigenvalue weighted by Gasteiger charge is 2.44. The summed E-state index contributed by atoms with van der Waals surface area (Å²) in [5, 5.41) is 15.3. The van der Waals surface area contributed by atoms with E-state index < -0.39 is 56.5 Å². The van der Waals surface area contributed by atoms with Gasteiger partial charge < -0.3 is 25.4 Å². The first-order valence-electron chi connectivity index (χ1n) is 21.6. The summed E-state index contributed by atoms with van der Waals surface area (Å²) in [6, 6.07) is 10.6. The van der Waals surface area contributed by atoms with Crippen molar-refractivity contribution < 1.29 is 41.1 Å². The van der Waals surface area contributed by atoms with Gasteiger partial charge in [-0.2, -0.15) is 18.0 Å². The minimum Gasteiger partial charge on any atom is -0.451 e. The lowest BCUT2D eigenvalue weighted by molar-refractivity contribution is -0.137. The highest BCUT2D eigenvalue weighted by atomic mass is 32.2. The number of nitrogens with two attached hydrogens (primary N) is 1. The molecule has 0 aliphatic carbocycles. The van der Waals surface area contributed by atoms with Crippen LogP contribution in [0.3, 0.4) is 0 Å². The van der Waals surface area contributed by atoms with Gasteiger partial charge in [0.15, 0.2) is 17.3 Å². The molecule has 65 heavy (non-hydrogen) atoms. The number of hydrogen-bond acceptors (Lipinski definition) is 13. The summed E-state index contributed by atoms with van der Waals surface area (Å²) in [6.45, 7) is 4.45. The highest BCUT2D eigenvalue weighted by molar-refractivity contribution is 7.90. The van der Waals surface area contributed by atoms with Gasteiger partial charge in [-0.15, -0.1) is 0 Å². The van der Waals surface area contributed by atoms with Gasteiger partial charge in [0, 0.05) is 38.8 Å². The maximum atomic E-state index is 15.3. The van der Waals surface area contributed by atoms with Crippen molar-refractivity contribution in [2.75, 3.05) is 68.7 Å². The minimum atomic E-state index is -4.07. The molecular formula is C44H50F2N10O8S. The number of carbonyl (C=O) groups excluding carboxylic acids is 3. The maximum Gasteiger partial charge on any atom is 0.301 e. The average molecular weight is 917 g/mol. The number of ether oxygens (including phenoxy) is 2. The maximum absolute atomic E-state index is 15.3. The number of nitrogen functional groups attached to an aromatic ring is 1. The molecule has 1 spiro atoms. The summed E-state index contributed by atoms with van der Waals surface area (Å²) in [4.78, 5) is 59.6. The Morgan fingerprint density at radius 2 is 1.83 bits per heavy atom. The largest absolute Gasteiger partial charge is 0.451 e. The Morgan fingerprint density at radius 3 is 2.52 bits per heavy atom. The third-order valence-corrected chi connectivity index (χ3v) is 14.6. The van der Waals surface area contributed by atoms with Crippen molar-refractivity contribution in [3.05, 3.63) is 81.9 Å². The van der Waals surface area contributed by atoms with Crippen LogP contribution < -0.4 is 31.4 Å². The lowest BCUT2D eigenvalue weighted by Crippen LogP contribution is -2.50. The van der Waals surface area contributed by atoms with E-state index in [1.165, 1.54) is 36.1 Å². The zero-order chi connectivity index (χ0) is 46.2. The van der Waals surface area contributed by atoms with Crippen LogP contribution in [0.1, 0.15) is 75.0 Å². The van der Waals surface area contributed by atoms with Crippen LogP contribution in [0.2, 0.25) is 0 Å². The number of nitrogens with zero attached hydrogens (tertiary/aromatic N) is 6. The molecule has 1 aromatic heterocycles. The Kier molecular flexibility index (Phi) is 12.8. The summed E-state index contributed by atoms with van der Waals surface area (Å²) >= 11 is 0. The van der Waals surface area contributed by atoms with Crippen molar-refractivity contribution in [3.8, 4) is 17.6 Å². The average Bonchev–Trinajstić information content (AvgIpc) is 3.69. The number of rotatable bonds is 12. The molecule has 5 heterocycles. The monoisotopic (exact) mass is 916 g/mol. The van der Waals surface area contributed by atoms with Crippen molar-refractivity contribution in [2.45, 2.75) is 75.5 Å². The lowest BCUT2D eigenvalue weighted by atomic mass is 9.87. The fraction of sp³-hybridized carbons (Fsp3) is 0.455. The Hall–Kier alpha value is -6.21. The Labute approximate surface area is 373 Å². The molecule has 4 fully saturated rings. The van der Waals surface area contributed by atoms with E-state index in [1.54, 1.807) is 25.1 Å². The molecule has 21 heteroatoms. The number of imide groups is 1. The number of benzene rings is 3. The van der Waals surface area contributed by atoms with Crippen molar-refractivity contribution in [2.24, 2.45) is 0 Å². The molecule has 8 rings (SSSR count). The molecule has 4 aromatic rings. The van der Waals surface area contributed by atoms with Crippen molar-refractivity contribution in [1.29, 1.82) is 5.26 Å². The quantitative estimate of drug-likeness (QED) is 0.117. The predicted octanol–water partition coefficient (Wildman–Crippen LogP) is 3.95. The molecule has 4 aliphatic rings. The van der Waals surface area contributed by atoms with Gasteiger partial charge in [0.05, 0.1) is 53.4 Å². The van der Waals surface area contributed by atoms with E-state index in [2.05, 4.69) is 25.2 Å². The second kappa shape index (κ2) is 18.3. The molecule has 344 valence electrons. The van der Waals surface area contributed by atoms with E-state index in [-0.39, 0.29) is 77.7 Å². The number of anilines is 3. The van der Waals surface area contributed by atoms with Crippen LogP contribution in [0.25, 0.3) is 10.9 Å². The molecule has 2 unspecified atom stereocenters. The molecule has 18 nitrogen and oxygen atoms in total. The molecule has 0 saturated carbocycles. The molecule has 2 atom stereocenters. The minimum absolute atomic E-state index is 0.00485. The molecule has 4 saturated heterocycles. The predicted molar refractivity (Wildman–Crippen MR) is 235 cm³/mol. The van der Waals surface area contributed by atoms with Gasteiger partial charge >= 0.3 is 10.2 Å². The zero-order valence-corrected chi connectivity index (χ0v) is 36.8. The van der Waals surface area contributed by atoms with Crippen LogP contribution in [0.5, 0.6) is 11.5 Å². The van der Waals surface area contributed by atoms with Crippen molar-refractivity contribution >= 4 is 55.9 Å². The van der Waals surface area contributed by atoms with E-state index in [0.717, 1.165) is 16.4 Å². The standard InChI is InChI=1S/C44H50F2N10O8S/c1-3-53(2)65(61,62)52-33-7-6-31(45)41(30(33)22-47)64-36-10-8-34-39(40(36)48)43(60)56(25-49-34)28-21-44(63-24-28)14-18-55(19-15-44)38(58)23-54-16-12-26(13-17-54)29-5-4-27(20-32(29)46)50-35-9-11-37(57)51-42(35)59/h4-8,10,20,25-26,28,35,50,52H,3,9,11-19,21,23-24,48H2,1-2H3,(H,51,57,59). The Balaban J connectivity index is 0.862. The third-order valence-electron chi connectivity index (χ3n) is 13.1. The first-order valence-corrected chi connectivity index (χ1v) is 23.0. The number of aromatic nitrogens is 2. The molecule has 4 aliphatic heterocycles. The van der Waals surface area contributed by atoms with Gasteiger partial charge in [-0.3, -0.25) is 38.7 Å². The van der Waals surface area contributed by atoms with Crippen LogP contribution in [0, 0.1) is 23.0 Å². The summed E-state index contributed by atoms with van der Waals surface area (Å²) in [5.41, 5.74) is 5.98. The third kappa shape index (κ3) is 9.34. The number of fused-ring (bicyclic) bond motifs is 1. The van der Waals surface area contributed by atoms with E-state index in [0.29, 0.717) is 76.0 Å². The zero-order valence-electron chi connectivity index (χ0n) is 35.9. The molecule has 3 aromatic carbocycles. The Bertz CT molecular complexity index is 2750. The topological polar surface area (TPSA) is 234 Å². The molecule has 0 bridgehead atoms. The van der Waals surface area contributed by atoms with Gasteiger partial charge in [-0.25, -0.2) is 13.8 Å². The fourth-order valence-electron chi connectivity index (χ4n) is 9.11. The summed E-state index contributed by atoms with van der Waals surface area (Å²) < 4.78 is 72.8. The van der Waals surface area contributed by atoms with Crippen LogP contribution in [-0.2, 0) is 29.3 Å². The van der Waals surface area contributed by atoms with Crippen LogP contribution in [0.15, 0.2) is 53.6 Å². The number of hydrogen-bond donors (Lipinski definition) is 4. The van der Waals surface area contributed by atoms with Crippen LogP contribution in [0.4, 0.5) is 25.8 Å². The fourth-order valence-corrected chi connectivity index (χ4v) is 10.1. The summed E-state index contributed by atoms with van der Waals surface area (Å²) in [5.74, 6) is -2.79. The Morgan fingerprint density at radius 1 is 1.08 bits per heavy atom. The lowest BCUT2D eigenvalue weighted by Gasteiger charge is -2.40. The van der Waals surface area contributed by atoms with Crippen LogP contribution in [-0.4, -0.2) is 114 Å². The van der Waals surface area contributed by atoms with E-state index in [9.17, 15) is 32.9 Å². The smallest absolute Gasteiger partial charge is 0.301 e. The molecule has 3 amide bonds. The first kappa shape index (κ1) is 45.4. The van der Waals surface area contributed by atoms with E-state index >= 15 is 8.78 Å². The van der Waals surface area contributed by atoms with Gasteiger partial charge in [0.2, 0.25) is 17.7 Å². The number of carbonyl (C=O) groups is 3. The molecular weight excluding hydrogens is 867 g/mol. The van der Waals surface area contributed by atoms with E-state index in [1.807, 2.05) is 4.90 Å². The highest BCUT2D eigenvalue weighted by Crippen LogP contribution is 2.42. The number of likely N-dealkylation sites (tertiary alicyclic amines) is 2. The second-order valence-corrected chi connectivity index (χ2v) is 18.8. The first-order chi connectivity index (χ1) is 31.1. The second-order valence-electron chi connectivity index (χ2n) is 17.0. The number of halogens is 2. The number of amides is 3. The summed E-state index contributed by atoms with van der Waals surface area (Å²) in [7, 11) is -2.73. The SMILES string of the molecule is CCN(C)S(=O)(=O)Nc1ccc(F)c(Oc2ccc3ncn(C4COC5(CCN(C(=O)CN6CCC(c7ccc(NC8CCC(=O)NC8=O)cc7F)CC6)CC5)C4)c(=O)c3c2N)c1C#N. The van der Waals surface area contributed by atoms with Crippen LogP contribution >= 0.6 is 0 Å².